The van der Waals surface area contributed by atoms with Gasteiger partial charge >= 0.3 is 0 Å². The van der Waals surface area contributed by atoms with Gasteiger partial charge in [-0.05, 0) is 43.4 Å². The first-order valence-electron chi connectivity index (χ1n) is 6.13. The Hall–Kier alpha value is -0.350. The molecule has 0 aromatic heterocycles. The second kappa shape index (κ2) is 5.74. The van der Waals surface area contributed by atoms with E-state index in [0.717, 1.165) is 22.1 Å². The van der Waals surface area contributed by atoms with Crippen LogP contribution in [0.2, 0.25) is 0 Å². The van der Waals surface area contributed by atoms with E-state index in [-0.39, 0.29) is 5.91 Å². The van der Waals surface area contributed by atoms with Gasteiger partial charge in [0, 0.05) is 28.5 Å². The van der Waals surface area contributed by atoms with Gasteiger partial charge in [-0.25, -0.2) is 0 Å². The van der Waals surface area contributed by atoms with Crippen LogP contribution >= 0.6 is 31.9 Å². The number of nitrogens with zero attached hydrogens (tertiary/aromatic N) is 1. The molecule has 2 nitrogen and oxygen atoms in total. The first kappa shape index (κ1) is 14.1. The van der Waals surface area contributed by atoms with E-state index in [1.807, 2.05) is 37.1 Å². The van der Waals surface area contributed by atoms with Crippen molar-refractivity contribution in [1.82, 2.24) is 4.90 Å². The molecule has 1 saturated carbocycles. The van der Waals surface area contributed by atoms with Crippen LogP contribution in [0.5, 0.6) is 0 Å². The van der Waals surface area contributed by atoms with Crippen molar-refractivity contribution in [3.8, 4) is 0 Å². The highest BCUT2D eigenvalue weighted by Gasteiger charge is 2.28. The first-order chi connectivity index (χ1) is 8.47. The number of halogens is 2. The minimum Gasteiger partial charge on any atom is -0.341 e. The summed E-state index contributed by atoms with van der Waals surface area (Å²) < 4.78 is 0.992. The van der Waals surface area contributed by atoms with Crippen LogP contribution < -0.4 is 0 Å². The summed E-state index contributed by atoms with van der Waals surface area (Å²) in [6.45, 7) is 2.87. The molecule has 4 heteroatoms. The summed E-state index contributed by atoms with van der Waals surface area (Å²) in [5, 5.41) is 0. The molecule has 0 radical (unpaired) electrons. The molecule has 1 aliphatic carbocycles. The van der Waals surface area contributed by atoms with Gasteiger partial charge in [0.2, 0.25) is 0 Å². The van der Waals surface area contributed by atoms with Gasteiger partial charge in [-0.15, -0.1) is 0 Å². The fourth-order valence-corrected chi connectivity index (χ4v) is 3.66. The average molecular weight is 375 g/mol. The minimum atomic E-state index is 0.105. The topological polar surface area (TPSA) is 20.3 Å². The second-order valence-corrected chi connectivity index (χ2v) is 7.23. The number of rotatable bonds is 3. The van der Waals surface area contributed by atoms with Gasteiger partial charge in [0.15, 0.2) is 0 Å². The van der Waals surface area contributed by atoms with Gasteiger partial charge in [-0.2, -0.15) is 0 Å². The van der Waals surface area contributed by atoms with E-state index >= 15 is 0 Å². The molecule has 1 aliphatic rings. The fraction of sp³-hybridized carbons (Fsp3) is 0.500. The molecule has 98 valence electrons. The van der Waals surface area contributed by atoms with Crippen LogP contribution in [0.3, 0.4) is 0 Å². The maximum Gasteiger partial charge on any atom is 0.253 e. The molecular formula is C14H17Br2NO. The quantitative estimate of drug-likeness (QED) is 0.732. The second-order valence-electron chi connectivity index (χ2n) is 5.08. The molecule has 1 amide bonds. The molecule has 18 heavy (non-hydrogen) atoms. The summed E-state index contributed by atoms with van der Waals surface area (Å²) in [7, 11) is 1.89. The lowest BCUT2D eigenvalue weighted by molar-refractivity contribution is 0.0748. The number of benzene rings is 1. The fourth-order valence-electron chi connectivity index (χ4n) is 2.22. The molecule has 1 fully saturated rings. The van der Waals surface area contributed by atoms with Crippen LogP contribution in [-0.4, -0.2) is 29.2 Å². The third kappa shape index (κ3) is 3.15. The summed E-state index contributed by atoms with van der Waals surface area (Å²) in [5.74, 6) is 0.755. The molecule has 1 aromatic rings. The van der Waals surface area contributed by atoms with Crippen LogP contribution in [0.15, 0.2) is 22.7 Å². The monoisotopic (exact) mass is 373 g/mol. The zero-order chi connectivity index (χ0) is 13.3. The molecule has 2 rings (SSSR count). The molecule has 0 heterocycles. The molecule has 0 spiro atoms. The van der Waals surface area contributed by atoms with E-state index in [1.54, 1.807) is 0 Å². The largest absolute Gasteiger partial charge is 0.341 e. The Bertz CT molecular complexity index is 455. The molecule has 0 saturated heterocycles. The highest BCUT2D eigenvalue weighted by Crippen LogP contribution is 2.33. The number of hydrogen-bond acceptors (Lipinski definition) is 1. The normalized spacial score (nSPS) is 22.4. The highest BCUT2D eigenvalue weighted by molar-refractivity contribution is 9.10. The van der Waals surface area contributed by atoms with Crippen molar-refractivity contribution >= 4 is 37.8 Å². The predicted molar refractivity (Wildman–Crippen MR) is 81.3 cm³/mol. The SMILES string of the molecule is Cc1ccc(C(=O)N(C)CC2CC(Br)C2)cc1Br. The lowest BCUT2D eigenvalue weighted by atomic mass is 9.85. The molecule has 1 aromatic carbocycles. The summed E-state index contributed by atoms with van der Waals surface area (Å²) >= 11 is 7.05. The van der Waals surface area contributed by atoms with Crippen molar-refractivity contribution in [3.63, 3.8) is 0 Å². The van der Waals surface area contributed by atoms with Crippen molar-refractivity contribution in [3.05, 3.63) is 33.8 Å². The number of carbonyl (C=O) groups excluding carboxylic acids is 1. The van der Waals surface area contributed by atoms with Crippen LogP contribution in [0, 0.1) is 12.8 Å². The van der Waals surface area contributed by atoms with E-state index in [0.29, 0.717) is 10.7 Å². The van der Waals surface area contributed by atoms with Gasteiger partial charge in [0.05, 0.1) is 0 Å². The van der Waals surface area contributed by atoms with E-state index in [1.165, 1.54) is 12.8 Å². The lowest BCUT2D eigenvalue weighted by Crippen LogP contribution is -2.37. The summed E-state index contributed by atoms with van der Waals surface area (Å²) in [4.78, 5) is 14.7. The molecule has 0 unspecified atom stereocenters. The summed E-state index contributed by atoms with van der Waals surface area (Å²) in [5.41, 5.74) is 1.90. The zero-order valence-electron chi connectivity index (χ0n) is 10.6. The molecule has 0 aliphatic heterocycles. The molecular weight excluding hydrogens is 358 g/mol. The third-order valence-corrected chi connectivity index (χ3v) is 5.08. The average Bonchev–Trinajstić information content (AvgIpc) is 2.29. The zero-order valence-corrected chi connectivity index (χ0v) is 13.8. The van der Waals surface area contributed by atoms with Crippen molar-refractivity contribution in [2.75, 3.05) is 13.6 Å². The maximum atomic E-state index is 12.3. The van der Waals surface area contributed by atoms with E-state index in [2.05, 4.69) is 31.9 Å². The summed E-state index contributed by atoms with van der Waals surface area (Å²) in [6, 6.07) is 5.78. The molecule has 0 bridgehead atoms. The van der Waals surface area contributed by atoms with E-state index in [9.17, 15) is 4.79 Å². The van der Waals surface area contributed by atoms with Gasteiger partial charge in [0.25, 0.3) is 5.91 Å². The van der Waals surface area contributed by atoms with Crippen molar-refractivity contribution < 1.29 is 4.79 Å². The number of aryl methyl sites for hydroxylation is 1. The van der Waals surface area contributed by atoms with E-state index < -0.39 is 0 Å². The number of carbonyl (C=O) groups is 1. The van der Waals surface area contributed by atoms with Crippen molar-refractivity contribution in [2.24, 2.45) is 5.92 Å². The Balaban J connectivity index is 1.99. The maximum absolute atomic E-state index is 12.3. The van der Waals surface area contributed by atoms with Crippen LogP contribution in [0.1, 0.15) is 28.8 Å². The Morgan fingerprint density at radius 1 is 1.44 bits per heavy atom. The Morgan fingerprint density at radius 2 is 2.11 bits per heavy atom. The van der Waals surface area contributed by atoms with Gasteiger partial charge < -0.3 is 4.90 Å². The van der Waals surface area contributed by atoms with Gasteiger partial charge in [0.1, 0.15) is 0 Å². The van der Waals surface area contributed by atoms with E-state index in [4.69, 9.17) is 0 Å². The van der Waals surface area contributed by atoms with Gasteiger partial charge in [-0.3, -0.25) is 4.79 Å². The number of amides is 1. The lowest BCUT2D eigenvalue weighted by Gasteiger charge is -2.34. The van der Waals surface area contributed by atoms with Crippen LogP contribution in [0.4, 0.5) is 0 Å². The first-order valence-corrected chi connectivity index (χ1v) is 7.84. The third-order valence-electron chi connectivity index (χ3n) is 3.48. The molecule has 0 atom stereocenters. The smallest absolute Gasteiger partial charge is 0.253 e. The van der Waals surface area contributed by atoms with Crippen molar-refractivity contribution in [2.45, 2.75) is 24.6 Å². The number of alkyl halides is 1. The Kier molecular flexibility index (Phi) is 4.49. The van der Waals surface area contributed by atoms with Gasteiger partial charge in [-0.1, -0.05) is 37.9 Å². The van der Waals surface area contributed by atoms with Crippen LogP contribution in [-0.2, 0) is 0 Å². The van der Waals surface area contributed by atoms with Crippen molar-refractivity contribution in [1.29, 1.82) is 0 Å². The molecule has 0 N–H and O–H groups in total. The van der Waals surface area contributed by atoms with Crippen LogP contribution in [0.25, 0.3) is 0 Å². The Morgan fingerprint density at radius 3 is 2.67 bits per heavy atom. The highest BCUT2D eigenvalue weighted by atomic mass is 79.9. The Labute approximate surface area is 125 Å². The summed E-state index contributed by atoms with van der Waals surface area (Å²) in [6.07, 6.45) is 2.35. The minimum absolute atomic E-state index is 0.105. The number of hydrogen-bond donors (Lipinski definition) is 0. The predicted octanol–water partition coefficient (Wildman–Crippen LogP) is 4.00. The standard InChI is InChI=1S/C14H17Br2NO/c1-9-3-4-11(7-13(9)16)14(18)17(2)8-10-5-12(15)6-10/h3-4,7,10,12H,5-6,8H2,1-2H3.